The second kappa shape index (κ2) is 7.21. The minimum Gasteiger partial charge on any atom is -0.465 e. The van der Waals surface area contributed by atoms with Crippen molar-refractivity contribution < 1.29 is 14.3 Å². The quantitative estimate of drug-likeness (QED) is 0.784. The number of nitrogens with zero attached hydrogens (tertiary/aromatic N) is 2. The van der Waals surface area contributed by atoms with Gasteiger partial charge in [-0.2, -0.15) is 0 Å². The van der Waals surface area contributed by atoms with Gasteiger partial charge in [0.1, 0.15) is 11.9 Å². The van der Waals surface area contributed by atoms with Gasteiger partial charge in [-0.3, -0.25) is 4.79 Å². The molecule has 0 radical (unpaired) electrons. The SMILES string of the molecule is CCOC(=O)C(N)Cc1cccnc1N1CCOCC1. The van der Waals surface area contributed by atoms with Gasteiger partial charge in [-0.1, -0.05) is 6.07 Å². The Kier molecular flexibility index (Phi) is 5.31. The molecule has 1 aromatic rings. The summed E-state index contributed by atoms with van der Waals surface area (Å²) in [4.78, 5) is 18.2. The fourth-order valence-electron chi connectivity index (χ4n) is 2.22. The third kappa shape index (κ3) is 3.68. The molecule has 0 aliphatic carbocycles. The fourth-order valence-corrected chi connectivity index (χ4v) is 2.22. The van der Waals surface area contributed by atoms with Crippen LogP contribution in [0.4, 0.5) is 5.82 Å². The average Bonchev–Trinajstić information content (AvgIpc) is 2.49. The number of pyridine rings is 1. The van der Waals surface area contributed by atoms with Crippen molar-refractivity contribution in [2.24, 2.45) is 5.73 Å². The van der Waals surface area contributed by atoms with Gasteiger partial charge in [0.05, 0.1) is 19.8 Å². The largest absolute Gasteiger partial charge is 0.465 e. The van der Waals surface area contributed by atoms with Gasteiger partial charge in [0, 0.05) is 25.7 Å². The number of esters is 1. The van der Waals surface area contributed by atoms with Gasteiger partial charge in [-0.15, -0.1) is 0 Å². The van der Waals surface area contributed by atoms with Crippen molar-refractivity contribution in [2.75, 3.05) is 37.8 Å². The lowest BCUT2D eigenvalue weighted by Crippen LogP contribution is -2.39. The van der Waals surface area contributed by atoms with Crippen molar-refractivity contribution in [3.8, 4) is 0 Å². The molecule has 1 aliphatic rings. The van der Waals surface area contributed by atoms with Crippen LogP contribution in [0.15, 0.2) is 18.3 Å². The zero-order valence-electron chi connectivity index (χ0n) is 11.7. The van der Waals surface area contributed by atoms with Crippen LogP contribution in [0.3, 0.4) is 0 Å². The molecule has 1 aliphatic heterocycles. The molecule has 0 amide bonds. The van der Waals surface area contributed by atoms with Gasteiger partial charge in [0.25, 0.3) is 0 Å². The molecule has 0 bridgehead atoms. The van der Waals surface area contributed by atoms with Crippen LogP contribution in [0.1, 0.15) is 12.5 Å². The first kappa shape index (κ1) is 14.7. The average molecular weight is 279 g/mol. The molecule has 1 saturated heterocycles. The lowest BCUT2D eigenvalue weighted by Gasteiger charge is -2.29. The van der Waals surface area contributed by atoms with Crippen molar-refractivity contribution >= 4 is 11.8 Å². The summed E-state index contributed by atoms with van der Waals surface area (Å²) >= 11 is 0. The Morgan fingerprint density at radius 3 is 3.00 bits per heavy atom. The number of nitrogens with two attached hydrogens (primary N) is 1. The topological polar surface area (TPSA) is 77.7 Å². The number of ether oxygens (including phenoxy) is 2. The van der Waals surface area contributed by atoms with E-state index in [9.17, 15) is 4.79 Å². The third-order valence-corrected chi connectivity index (χ3v) is 3.21. The summed E-state index contributed by atoms with van der Waals surface area (Å²) in [5.74, 6) is 0.514. The van der Waals surface area contributed by atoms with E-state index in [1.54, 1.807) is 13.1 Å². The maximum Gasteiger partial charge on any atom is 0.323 e. The first-order valence-corrected chi connectivity index (χ1v) is 6.91. The van der Waals surface area contributed by atoms with E-state index in [1.165, 1.54) is 0 Å². The summed E-state index contributed by atoms with van der Waals surface area (Å²) in [5, 5.41) is 0. The van der Waals surface area contributed by atoms with Gasteiger partial charge in [-0.25, -0.2) is 4.98 Å². The van der Waals surface area contributed by atoms with Crippen LogP contribution in [-0.2, 0) is 20.7 Å². The predicted molar refractivity (Wildman–Crippen MR) is 75.6 cm³/mol. The molecule has 1 atom stereocenters. The molecule has 1 fully saturated rings. The van der Waals surface area contributed by atoms with E-state index in [-0.39, 0.29) is 5.97 Å². The van der Waals surface area contributed by atoms with Crippen molar-refractivity contribution in [3.05, 3.63) is 23.9 Å². The Balaban J connectivity index is 2.09. The lowest BCUT2D eigenvalue weighted by atomic mass is 10.1. The Morgan fingerprint density at radius 1 is 1.55 bits per heavy atom. The molecule has 2 heterocycles. The van der Waals surface area contributed by atoms with Gasteiger partial charge in [0.15, 0.2) is 0 Å². The zero-order valence-corrected chi connectivity index (χ0v) is 11.7. The predicted octanol–water partition coefficient (Wildman–Crippen LogP) is 0.351. The van der Waals surface area contributed by atoms with Crippen LogP contribution in [0.25, 0.3) is 0 Å². The molecule has 110 valence electrons. The molecule has 6 heteroatoms. The number of rotatable bonds is 5. The Morgan fingerprint density at radius 2 is 2.30 bits per heavy atom. The molecule has 2 N–H and O–H groups in total. The normalized spacial score (nSPS) is 16.8. The smallest absolute Gasteiger partial charge is 0.323 e. The van der Waals surface area contributed by atoms with Crippen LogP contribution < -0.4 is 10.6 Å². The standard InChI is InChI=1S/C14H21N3O3/c1-2-20-14(18)12(15)10-11-4-3-5-16-13(11)17-6-8-19-9-7-17/h3-5,12H,2,6-10,15H2,1H3. The van der Waals surface area contributed by atoms with E-state index in [0.717, 1.165) is 24.5 Å². The summed E-state index contributed by atoms with van der Waals surface area (Å²) in [5.41, 5.74) is 6.86. The van der Waals surface area contributed by atoms with Crippen molar-refractivity contribution in [1.82, 2.24) is 4.98 Å². The molecular weight excluding hydrogens is 258 g/mol. The van der Waals surface area contributed by atoms with Gasteiger partial charge in [0.2, 0.25) is 0 Å². The number of carbonyl (C=O) groups excluding carboxylic acids is 1. The van der Waals surface area contributed by atoms with Crippen molar-refractivity contribution in [3.63, 3.8) is 0 Å². The number of carbonyl (C=O) groups is 1. The fraction of sp³-hybridized carbons (Fsp3) is 0.571. The Bertz CT molecular complexity index is 447. The number of hydrogen-bond acceptors (Lipinski definition) is 6. The maximum atomic E-state index is 11.6. The number of aromatic nitrogens is 1. The van der Waals surface area contributed by atoms with Crippen LogP contribution >= 0.6 is 0 Å². The van der Waals surface area contributed by atoms with E-state index >= 15 is 0 Å². The van der Waals surface area contributed by atoms with Gasteiger partial charge in [-0.05, 0) is 18.6 Å². The molecular formula is C14H21N3O3. The number of morpholine rings is 1. The molecule has 0 spiro atoms. The van der Waals surface area contributed by atoms with E-state index in [4.69, 9.17) is 15.2 Å². The Hall–Kier alpha value is -1.66. The van der Waals surface area contributed by atoms with Crippen molar-refractivity contribution in [2.45, 2.75) is 19.4 Å². The number of anilines is 1. The van der Waals surface area contributed by atoms with Crippen LogP contribution in [0.2, 0.25) is 0 Å². The highest BCUT2D eigenvalue weighted by Gasteiger charge is 2.20. The molecule has 1 unspecified atom stereocenters. The zero-order chi connectivity index (χ0) is 14.4. The summed E-state index contributed by atoms with van der Waals surface area (Å²) in [6.07, 6.45) is 2.18. The molecule has 1 aromatic heterocycles. The van der Waals surface area contributed by atoms with Crippen LogP contribution in [-0.4, -0.2) is 49.9 Å². The Labute approximate surface area is 118 Å². The van der Waals surface area contributed by atoms with E-state index in [0.29, 0.717) is 26.2 Å². The highest BCUT2D eigenvalue weighted by Crippen LogP contribution is 2.19. The van der Waals surface area contributed by atoms with Crippen molar-refractivity contribution in [1.29, 1.82) is 0 Å². The first-order chi connectivity index (χ1) is 9.72. The van der Waals surface area contributed by atoms with Gasteiger partial charge >= 0.3 is 5.97 Å². The molecule has 20 heavy (non-hydrogen) atoms. The highest BCUT2D eigenvalue weighted by atomic mass is 16.5. The lowest BCUT2D eigenvalue weighted by molar-refractivity contribution is -0.144. The third-order valence-electron chi connectivity index (χ3n) is 3.21. The molecule has 2 rings (SSSR count). The summed E-state index contributed by atoms with van der Waals surface area (Å²) < 4.78 is 10.3. The van der Waals surface area contributed by atoms with E-state index in [1.807, 2.05) is 12.1 Å². The molecule has 0 saturated carbocycles. The first-order valence-electron chi connectivity index (χ1n) is 6.91. The second-order valence-electron chi connectivity index (χ2n) is 4.65. The summed E-state index contributed by atoms with van der Waals surface area (Å²) in [6, 6.07) is 3.16. The van der Waals surface area contributed by atoms with Gasteiger partial charge < -0.3 is 20.1 Å². The molecule has 6 nitrogen and oxygen atoms in total. The van der Waals surface area contributed by atoms with E-state index in [2.05, 4.69) is 9.88 Å². The summed E-state index contributed by atoms with van der Waals surface area (Å²) in [7, 11) is 0. The monoisotopic (exact) mass is 279 g/mol. The minimum atomic E-state index is -0.654. The maximum absolute atomic E-state index is 11.6. The molecule has 0 aromatic carbocycles. The number of hydrogen-bond donors (Lipinski definition) is 1. The second-order valence-corrected chi connectivity index (χ2v) is 4.65. The summed E-state index contributed by atoms with van der Waals surface area (Å²) in [6.45, 7) is 5.11. The van der Waals surface area contributed by atoms with Crippen LogP contribution in [0.5, 0.6) is 0 Å². The van der Waals surface area contributed by atoms with E-state index < -0.39 is 6.04 Å². The highest BCUT2D eigenvalue weighted by molar-refractivity contribution is 5.76. The minimum absolute atomic E-state index is 0.343. The van der Waals surface area contributed by atoms with Crippen LogP contribution in [0, 0.1) is 0 Å².